The molecular formula is C14H16N4O. The number of hydrogen-bond acceptors (Lipinski definition) is 4. The van der Waals surface area contributed by atoms with Crippen LogP contribution >= 0.6 is 0 Å². The van der Waals surface area contributed by atoms with Crippen molar-refractivity contribution in [3.8, 4) is 11.3 Å². The maximum absolute atomic E-state index is 12.2. The molecule has 1 aliphatic carbocycles. The largest absolute Gasteiger partial charge is 0.286 e. The molecule has 98 valence electrons. The summed E-state index contributed by atoms with van der Waals surface area (Å²) in [5, 5.41) is 10.0. The standard InChI is InChI=1S/C14H16N4O/c19-14(17-18-9-5-2-6-10-18)13-11-7-3-1-4-8-12(11)15-16-13/h1,3-4,7-8H,2,5-6,9-10H2,(H,17,19). The van der Waals surface area contributed by atoms with Crippen LogP contribution in [0.3, 0.4) is 0 Å². The molecule has 2 aliphatic heterocycles. The van der Waals surface area contributed by atoms with E-state index >= 15 is 0 Å². The number of carbonyl (C=O) groups is 1. The zero-order valence-electron chi connectivity index (χ0n) is 10.7. The van der Waals surface area contributed by atoms with Crippen molar-refractivity contribution in [2.24, 2.45) is 0 Å². The van der Waals surface area contributed by atoms with Crippen LogP contribution in [0, 0.1) is 0 Å². The molecule has 19 heavy (non-hydrogen) atoms. The lowest BCUT2D eigenvalue weighted by Gasteiger charge is -2.26. The van der Waals surface area contributed by atoms with Crippen molar-refractivity contribution in [2.45, 2.75) is 19.3 Å². The van der Waals surface area contributed by atoms with Gasteiger partial charge in [0, 0.05) is 18.7 Å². The first-order chi connectivity index (χ1) is 9.34. The minimum absolute atomic E-state index is 0.171. The summed E-state index contributed by atoms with van der Waals surface area (Å²) in [6, 6.07) is 9.43. The van der Waals surface area contributed by atoms with Gasteiger partial charge in [-0.2, -0.15) is 0 Å². The first kappa shape index (κ1) is 12.0. The Morgan fingerprint density at radius 1 is 1.05 bits per heavy atom. The number of nitrogens with zero attached hydrogens (tertiary/aromatic N) is 3. The molecule has 1 saturated heterocycles. The van der Waals surface area contributed by atoms with Gasteiger partial charge in [0.15, 0.2) is 5.69 Å². The van der Waals surface area contributed by atoms with Crippen molar-refractivity contribution in [1.29, 1.82) is 0 Å². The molecule has 0 saturated carbocycles. The third kappa shape index (κ3) is 2.56. The van der Waals surface area contributed by atoms with Crippen LogP contribution < -0.4 is 5.43 Å². The summed E-state index contributed by atoms with van der Waals surface area (Å²) in [5.74, 6) is -0.171. The predicted molar refractivity (Wildman–Crippen MR) is 71.5 cm³/mol. The Morgan fingerprint density at radius 3 is 2.68 bits per heavy atom. The zero-order valence-corrected chi connectivity index (χ0v) is 10.7. The van der Waals surface area contributed by atoms with E-state index in [0.717, 1.165) is 37.2 Å². The van der Waals surface area contributed by atoms with Crippen molar-refractivity contribution in [2.75, 3.05) is 13.1 Å². The van der Waals surface area contributed by atoms with E-state index in [1.807, 2.05) is 35.3 Å². The van der Waals surface area contributed by atoms with E-state index in [0.29, 0.717) is 5.69 Å². The molecule has 5 nitrogen and oxygen atoms in total. The van der Waals surface area contributed by atoms with Crippen LogP contribution in [0.4, 0.5) is 0 Å². The van der Waals surface area contributed by atoms with Crippen LogP contribution in [0.25, 0.3) is 11.3 Å². The number of hydrazine groups is 1. The normalized spacial score (nSPS) is 16.4. The van der Waals surface area contributed by atoms with Crippen LogP contribution in [0.2, 0.25) is 0 Å². The second kappa shape index (κ2) is 5.32. The predicted octanol–water partition coefficient (Wildman–Crippen LogP) is 1.71. The van der Waals surface area contributed by atoms with Crippen molar-refractivity contribution in [3.63, 3.8) is 0 Å². The summed E-state index contributed by atoms with van der Waals surface area (Å²) in [7, 11) is 0. The maximum Gasteiger partial charge on any atom is 0.286 e. The molecule has 0 aromatic heterocycles. The molecule has 0 aromatic rings. The first-order valence-electron chi connectivity index (χ1n) is 6.62. The van der Waals surface area contributed by atoms with Gasteiger partial charge in [-0.05, 0) is 18.9 Å². The Bertz CT molecular complexity index is 551. The molecular weight excluding hydrogens is 240 g/mol. The van der Waals surface area contributed by atoms with Gasteiger partial charge in [-0.3, -0.25) is 10.2 Å². The van der Waals surface area contributed by atoms with Gasteiger partial charge in [-0.15, -0.1) is 10.2 Å². The number of amides is 1. The summed E-state index contributed by atoms with van der Waals surface area (Å²) in [5.41, 5.74) is 4.85. The van der Waals surface area contributed by atoms with Gasteiger partial charge >= 0.3 is 0 Å². The fourth-order valence-electron chi connectivity index (χ4n) is 2.35. The van der Waals surface area contributed by atoms with E-state index in [9.17, 15) is 4.79 Å². The topological polar surface area (TPSA) is 58.1 Å². The van der Waals surface area contributed by atoms with E-state index in [-0.39, 0.29) is 5.91 Å². The summed E-state index contributed by atoms with van der Waals surface area (Å²) >= 11 is 0. The quantitative estimate of drug-likeness (QED) is 0.888. The summed E-state index contributed by atoms with van der Waals surface area (Å²) in [6.45, 7) is 1.82. The number of nitrogens with one attached hydrogen (secondary N) is 1. The highest BCUT2D eigenvalue weighted by atomic mass is 16.2. The van der Waals surface area contributed by atoms with Crippen molar-refractivity contribution >= 4 is 5.91 Å². The maximum atomic E-state index is 12.2. The van der Waals surface area contributed by atoms with Crippen LogP contribution in [-0.4, -0.2) is 34.2 Å². The minimum Gasteiger partial charge on any atom is -0.283 e. The fraction of sp³-hybridized carbons (Fsp3) is 0.357. The van der Waals surface area contributed by atoms with E-state index < -0.39 is 0 Å². The van der Waals surface area contributed by atoms with Gasteiger partial charge < -0.3 is 0 Å². The second-order valence-corrected chi connectivity index (χ2v) is 4.75. The number of rotatable bonds is 2. The number of fused-ring (bicyclic) bond motifs is 1. The lowest BCUT2D eigenvalue weighted by Crippen LogP contribution is -2.45. The van der Waals surface area contributed by atoms with E-state index in [1.54, 1.807) is 0 Å². The lowest BCUT2D eigenvalue weighted by atomic mass is 10.1. The molecule has 0 unspecified atom stereocenters. The van der Waals surface area contributed by atoms with Crippen LogP contribution in [0.15, 0.2) is 30.3 Å². The van der Waals surface area contributed by atoms with Crippen LogP contribution in [0.5, 0.6) is 0 Å². The van der Waals surface area contributed by atoms with Crippen molar-refractivity contribution in [3.05, 3.63) is 36.0 Å². The molecule has 3 rings (SSSR count). The molecule has 0 bridgehead atoms. The Labute approximate surface area is 112 Å². The summed E-state index contributed by atoms with van der Waals surface area (Å²) < 4.78 is 0. The molecule has 0 radical (unpaired) electrons. The van der Waals surface area contributed by atoms with Gasteiger partial charge in [-0.25, -0.2) is 5.01 Å². The molecule has 0 atom stereocenters. The van der Waals surface area contributed by atoms with E-state index in [4.69, 9.17) is 0 Å². The monoisotopic (exact) mass is 256 g/mol. The smallest absolute Gasteiger partial charge is 0.283 e. The molecule has 5 heteroatoms. The third-order valence-electron chi connectivity index (χ3n) is 3.36. The third-order valence-corrected chi connectivity index (χ3v) is 3.36. The average molecular weight is 256 g/mol. The molecule has 0 spiro atoms. The fourth-order valence-corrected chi connectivity index (χ4v) is 2.35. The molecule has 1 amide bonds. The Kier molecular flexibility index (Phi) is 3.37. The minimum atomic E-state index is -0.171. The average Bonchev–Trinajstić information content (AvgIpc) is 2.69. The van der Waals surface area contributed by atoms with Crippen LogP contribution in [-0.2, 0) is 0 Å². The SMILES string of the molecule is O=C(NN1CCCCC1)c1nnc2cccccc1-2. The van der Waals surface area contributed by atoms with Gasteiger partial charge in [0.2, 0.25) is 0 Å². The number of piperidine rings is 1. The summed E-state index contributed by atoms with van der Waals surface area (Å²) in [6.07, 6.45) is 3.49. The highest BCUT2D eigenvalue weighted by molar-refractivity contribution is 5.98. The zero-order chi connectivity index (χ0) is 13.1. The van der Waals surface area contributed by atoms with Crippen molar-refractivity contribution in [1.82, 2.24) is 20.6 Å². The van der Waals surface area contributed by atoms with E-state index in [2.05, 4.69) is 15.6 Å². The summed E-state index contributed by atoms with van der Waals surface area (Å²) in [4.78, 5) is 12.2. The van der Waals surface area contributed by atoms with Gasteiger partial charge in [0.25, 0.3) is 5.91 Å². The number of hydrogen-bond donors (Lipinski definition) is 1. The van der Waals surface area contributed by atoms with Gasteiger partial charge in [0.05, 0.1) is 5.69 Å². The number of aromatic nitrogens is 2. The van der Waals surface area contributed by atoms with E-state index in [1.165, 1.54) is 6.42 Å². The van der Waals surface area contributed by atoms with Gasteiger partial charge in [0.1, 0.15) is 0 Å². The Balaban J connectivity index is 1.79. The molecule has 1 fully saturated rings. The van der Waals surface area contributed by atoms with Crippen LogP contribution in [0.1, 0.15) is 29.8 Å². The molecule has 1 N–H and O–H groups in total. The molecule has 3 aliphatic rings. The Morgan fingerprint density at radius 2 is 1.84 bits per heavy atom. The lowest BCUT2D eigenvalue weighted by molar-refractivity contribution is 0.0745. The Hall–Kier alpha value is -2.01. The highest BCUT2D eigenvalue weighted by Gasteiger charge is 2.21. The van der Waals surface area contributed by atoms with Gasteiger partial charge in [-0.1, -0.05) is 30.7 Å². The number of carbonyl (C=O) groups excluding carboxylic acids is 1. The molecule has 2 heterocycles. The highest BCUT2D eigenvalue weighted by Crippen LogP contribution is 2.21. The molecule has 0 aromatic carbocycles. The second-order valence-electron chi connectivity index (χ2n) is 4.75. The van der Waals surface area contributed by atoms with Crippen molar-refractivity contribution < 1.29 is 4.79 Å². The first-order valence-corrected chi connectivity index (χ1v) is 6.62.